The van der Waals surface area contributed by atoms with Gasteiger partial charge in [-0.15, -0.1) is 0 Å². The van der Waals surface area contributed by atoms with Crippen molar-refractivity contribution in [2.75, 3.05) is 19.3 Å². The Balaban J connectivity index is 2.33. The summed E-state index contributed by atoms with van der Waals surface area (Å²) in [6, 6.07) is 3.45. The third kappa shape index (κ3) is 2.87. The van der Waals surface area contributed by atoms with E-state index in [0.29, 0.717) is 5.56 Å². The van der Waals surface area contributed by atoms with Crippen LogP contribution in [0.3, 0.4) is 0 Å². The van der Waals surface area contributed by atoms with Crippen LogP contribution in [0.4, 0.5) is 4.39 Å². The minimum absolute atomic E-state index is 0.0213. The number of aryl methyl sites for hydroxylation is 1. The predicted molar refractivity (Wildman–Crippen MR) is 73.1 cm³/mol. The third-order valence-electron chi connectivity index (χ3n) is 3.47. The minimum atomic E-state index is -3.78. The van der Waals surface area contributed by atoms with E-state index in [1.165, 1.54) is 13.0 Å². The molecule has 0 bridgehead atoms. The first-order valence-electron chi connectivity index (χ1n) is 6.07. The molecule has 112 valence electrons. The van der Waals surface area contributed by atoms with Gasteiger partial charge >= 0.3 is 0 Å². The van der Waals surface area contributed by atoms with Crippen molar-refractivity contribution in [2.24, 2.45) is 0 Å². The number of nitrogens with zero attached hydrogens (tertiary/aromatic N) is 1. The van der Waals surface area contributed by atoms with Gasteiger partial charge in [0.2, 0.25) is 10.0 Å². The Morgan fingerprint density at radius 1 is 1.25 bits per heavy atom. The maximum atomic E-state index is 13.0. The monoisotopic (exact) mass is 321 g/mol. The maximum Gasteiger partial charge on any atom is 0.243 e. The fourth-order valence-electron chi connectivity index (χ4n) is 2.31. The van der Waals surface area contributed by atoms with E-state index in [9.17, 15) is 21.2 Å². The van der Waals surface area contributed by atoms with Crippen LogP contribution in [0.5, 0.6) is 0 Å². The molecular formula is C12H16FNO4S2. The Hall–Kier alpha value is -0.990. The number of halogens is 1. The average Bonchev–Trinajstić information content (AvgIpc) is 2.77. The first kappa shape index (κ1) is 15.4. The van der Waals surface area contributed by atoms with E-state index in [-0.39, 0.29) is 24.4 Å². The van der Waals surface area contributed by atoms with Crippen LogP contribution in [0, 0.1) is 12.7 Å². The Kier molecular flexibility index (Phi) is 3.92. The Labute approximate surface area is 118 Å². The molecule has 1 aromatic rings. The topological polar surface area (TPSA) is 71.5 Å². The summed E-state index contributed by atoms with van der Waals surface area (Å²) in [6.45, 7) is 1.63. The van der Waals surface area contributed by atoms with Gasteiger partial charge in [-0.05, 0) is 37.1 Å². The van der Waals surface area contributed by atoms with E-state index in [1.54, 1.807) is 0 Å². The number of hydrogen-bond donors (Lipinski definition) is 0. The van der Waals surface area contributed by atoms with Crippen molar-refractivity contribution in [1.82, 2.24) is 4.31 Å². The Bertz CT molecular complexity index is 728. The quantitative estimate of drug-likeness (QED) is 0.831. The molecule has 2 rings (SSSR count). The lowest BCUT2D eigenvalue weighted by Gasteiger charge is -2.17. The van der Waals surface area contributed by atoms with Gasteiger partial charge in [0.25, 0.3) is 0 Å². The molecule has 0 aromatic heterocycles. The van der Waals surface area contributed by atoms with Gasteiger partial charge in [-0.25, -0.2) is 21.2 Å². The molecule has 1 aliphatic heterocycles. The van der Waals surface area contributed by atoms with Gasteiger partial charge in [0.1, 0.15) is 5.82 Å². The molecule has 1 atom stereocenters. The predicted octanol–water partition coefficient (Wildman–Crippen LogP) is 0.942. The van der Waals surface area contributed by atoms with Gasteiger partial charge in [0.15, 0.2) is 9.84 Å². The average molecular weight is 321 g/mol. The van der Waals surface area contributed by atoms with Crippen LogP contribution in [-0.2, 0) is 19.9 Å². The van der Waals surface area contributed by atoms with E-state index >= 15 is 0 Å². The molecule has 8 heteroatoms. The molecule has 0 amide bonds. The number of sulfone groups is 1. The molecule has 5 nitrogen and oxygen atoms in total. The summed E-state index contributed by atoms with van der Waals surface area (Å²) >= 11 is 0. The molecule has 1 saturated heterocycles. The van der Waals surface area contributed by atoms with Crippen LogP contribution in [0.15, 0.2) is 23.1 Å². The van der Waals surface area contributed by atoms with Crippen LogP contribution in [0.25, 0.3) is 0 Å². The van der Waals surface area contributed by atoms with E-state index in [2.05, 4.69) is 0 Å². The van der Waals surface area contributed by atoms with Gasteiger partial charge in [-0.3, -0.25) is 0 Å². The lowest BCUT2D eigenvalue weighted by molar-refractivity contribution is 0.476. The van der Waals surface area contributed by atoms with Gasteiger partial charge < -0.3 is 0 Å². The summed E-state index contributed by atoms with van der Waals surface area (Å²) in [4.78, 5) is 0.0213. The van der Waals surface area contributed by atoms with Crippen molar-refractivity contribution in [2.45, 2.75) is 23.5 Å². The van der Waals surface area contributed by atoms with Gasteiger partial charge in [-0.1, -0.05) is 0 Å². The van der Waals surface area contributed by atoms with E-state index < -0.39 is 30.9 Å². The SMILES string of the molecule is Cc1cc(F)ccc1S(=O)(=O)N1CCC(S(C)(=O)=O)C1. The van der Waals surface area contributed by atoms with Crippen molar-refractivity contribution < 1.29 is 21.2 Å². The summed E-state index contributed by atoms with van der Waals surface area (Å²) in [5.41, 5.74) is 0.313. The summed E-state index contributed by atoms with van der Waals surface area (Å²) in [6.07, 6.45) is 1.40. The highest BCUT2D eigenvalue weighted by Gasteiger charge is 2.37. The van der Waals surface area contributed by atoms with Crippen LogP contribution in [0.2, 0.25) is 0 Å². The molecule has 20 heavy (non-hydrogen) atoms. The van der Waals surface area contributed by atoms with Gasteiger partial charge in [0, 0.05) is 19.3 Å². The zero-order valence-corrected chi connectivity index (χ0v) is 12.8. The van der Waals surface area contributed by atoms with E-state index in [4.69, 9.17) is 0 Å². The van der Waals surface area contributed by atoms with Crippen LogP contribution < -0.4 is 0 Å². The summed E-state index contributed by atoms with van der Waals surface area (Å²) < 4.78 is 62.1. The van der Waals surface area contributed by atoms with Crippen molar-refractivity contribution >= 4 is 19.9 Å². The second-order valence-corrected chi connectivity index (χ2v) is 9.25. The van der Waals surface area contributed by atoms with Crippen LogP contribution in [-0.4, -0.2) is 45.7 Å². The molecule has 1 aliphatic rings. The highest BCUT2D eigenvalue weighted by atomic mass is 32.2. The van der Waals surface area contributed by atoms with Gasteiger partial charge in [-0.2, -0.15) is 4.31 Å². The fourth-order valence-corrected chi connectivity index (χ4v) is 5.09. The maximum absolute atomic E-state index is 13.0. The Morgan fingerprint density at radius 3 is 2.40 bits per heavy atom. The van der Waals surface area contributed by atoms with Crippen molar-refractivity contribution in [3.05, 3.63) is 29.6 Å². The number of hydrogen-bond acceptors (Lipinski definition) is 4. The van der Waals surface area contributed by atoms with Crippen molar-refractivity contribution in [1.29, 1.82) is 0 Å². The first-order chi connectivity index (χ1) is 9.12. The number of sulfonamides is 1. The Morgan fingerprint density at radius 2 is 1.90 bits per heavy atom. The molecule has 0 saturated carbocycles. The number of benzene rings is 1. The molecule has 1 fully saturated rings. The van der Waals surface area contributed by atoms with Gasteiger partial charge in [0.05, 0.1) is 10.1 Å². The molecule has 0 aliphatic carbocycles. The standard InChI is InChI=1S/C12H16FNO4S2/c1-9-7-10(13)3-4-12(9)20(17,18)14-6-5-11(8-14)19(2,15)16/h3-4,7,11H,5-6,8H2,1-2H3. The van der Waals surface area contributed by atoms with Crippen LogP contribution in [0.1, 0.15) is 12.0 Å². The fraction of sp³-hybridized carbons (Fsp3) is 0.500. The molecule has 0 radical (unpaired) electrons. The second kappa shape index (κ2) is 5.09. The lowest BCUT2D eigenvalue weighted by Crippen LogP contribution is -2.32. The first-order valence-corrected chi connectivity index (χ1v) is 9.47. The summed E-state index contributed by atoms with van der Waals surface area (Å²) in [5.74, 6) is -0.503. The zero-order chi connectivity index (χ0) is 15.1. The summed E-state index contributed by atoms with van der Waals surface area (Å²) in [7, 11) is -7.04. The molecular weight excluding hydrogens is 305 g/mol. The minimum Gasteiger partial charge on any atom is -0.229 e. The second-order valence-electron chi connectivity index (χ2n) is 5.01. The van der Waals surface area contributed by atoms with Crippen molar-refractivity contribution in [3.63, 3.8) is 0 Å². The molecule has 1 unspecified atom stereocenters. The lowest BCUT2D eigenvalue weighted by atomic mass is 10.2. The molecule has 0 N–H and O–H groups in total. The third-order valence-corrected chi connectivity index (χ3v) is 7.09. The van der Waals surface area contributed by atoms with E-state index in [1.807, 2.05) is 0 Å². The largest absolute Gasteiger partial charge is 0.243 e. The highest BCUT2D eigenvalue weighted by molar-refractivity contribution is 7.91. The smallest absolute Gasteiger partial charge is 0.229 e. The van der Waals surface area contributed by atoms with Crippen LogP contribution >= 0.6 is 0 Å². The van der Waals surface area contributed by atoms with E-state index in [0.717, 1.165) is 22.7 Å². The number of rotatable bonds is 3. The van der Waals surface area contributed by atoms with Crippen molar-refractivity contribution in [3.8, 4) is 0 Å². The zero-order valence-electron chi connectivity index (χ0n) is 11.2. The molecule has 0 spiro atoms. The normalized spacial score (nSPS) is 21.2. The molecule has 1 heterocycles. The highest BCUT2D eigenvalue weighted by Crippen LogP contribution is 2.26. The summed E-state index contributed by atoms with van der Waals surface area (Å²) in [5, 5.41) is -0.668. The molecule has 1 aromatic carbocycles.